The van der Waals surface area contributed by atoms with Crippen LogP contribution in [-0.2, 0) is 17.6 Å². The van der Waals surface area contributed by atoms with Crippen molar-refractivity contribution in [1.29, 1.82) is 0 Å². The Kier molecular flexibility index (Phi) is 4.75. The standard InChI is InChI=1S/C20H25N3O2/c1-14(18-10-11-21-13-22-18)23(4)19(24)20(2,3)25-17-9-8-15-6-5-7-16(15)12-17/h8-14H,5-7H2,1-4H3. The molecule has 1 aromatic carbocycles. The van der Waals surface area contributed by atoms with E-state index < -0.39 is 5.60 Å². The van der Waals surface area contributed by atoms with Gasteiger partial charge in [-0.3, -0.25) is 4.79 Å². The number of amides is 1. The summed E-state index contributed by atoms with van der Waals surface area (Å²) in [6.45, 7) is 5.57. The van der Waals surface area contributed by atoms with Gasteiger partial charge in [0.25, 0.3) is 5.91 Å². The molecule has 0 radical (unpaired) electrons. The highest BCUT2D eigenvalue weighted by Crippen LogP contribution is 2.29. The summed E-state index contributed by atoms with van der Waals surface area (Å²) in [6.07, 6.45) is 6.60. The molecule has 0 saturated heterocycles. The van der Waals surface area contributed by atoms with Crippen molar-refractivity contribution in [2.45, 2.75) is 51.7 Å². The van der Waals surface area contributed by atoms with Gasteiger partial charge >= 0.3 is 0 Å². The van der Waals surface area contributed by atoms with E-state index in [9.17, 15) is 4.79 Å². The molecule has 0 spiro atoms. The molecule has 0 saturated carbocycles. The smallest absolute Gasteiger partial charge is 0.266 e. The SMILES string of the molecule is CC(c1ccncn1)N(C)C(=O)C(C)(C)Oc1ccc2c(c1)CCC2. The third-order valence-electron chi connectivity index (χ3n) is 4.89. The minimum atomic E-state index is -0.955. The summed E-state index contributed by atoms with van der Waals surface area (Å²) in [7, 11) is 1.78. The molecule has 1 atom stereocenters. The molecule has 1 amide bonds. The Morgan fingerprint density at radius 1 is 1.24 bits per heavy atom. The number of aryl methyl sites for hydroxylation is 2. The molecule has 25 heavy (non-hydrogen) atoms. The number of likely N-dealkylation sites (N-methyl/N-ethyl adjacent to an activating group) is 1. The molecule has 0 aliphatic heterocycles. The maximum atomic E-state index is 13.0. The van der Waals surface area contributed by atoms with Crippen molar-refractivity contribution in [3.05, 3.63) is 53.6 Å². The molecular formula is C20H25N3O2. The van der Waals surface area contributed by atoms with Crippen molar-refractivity contribution in [2.24, 2.45) is 0 Å². The highest BCUT2D eigenvalue weighted by molar-refractivity contribution is 5.85. The molecule has 1 aliphatic rings. The van der Waals surface area contributed by atoms with Gasteiger partial charge < -0.3 is 9.64 Å². The second kappa shape index (κ2) is 6.82. The van der Waals surface area contributed by atoms with Crippen LogP contribution in [0.3, 0.4) is 0 Å². The van der Waals surface area contributed by atoms with E-state index in [-0.39, 0.29) is 11.9 Å². The first-order valence-electron chi connectivity index (χ1n) is 8.72. The van der Waals surface area contributed by atoms with Gasteiger partial charge in [-0.25, -0.2) is 9.97 Å². The maximum Gasteiger partial charge on any atom is 0.266 e. The first kappa shape index (κ1) is 17.4. The lowest BCUT2D eigenvalue weighted by molar-refractivity contribution is -0.146. The third-order valence-corrected chi connectivity index (χ3v) is 4.89. The number of carbonyl (C=O) groups is 1. The van der Waals surface area contributed by atoms with Gasteiger partial charge in [0, 0.05) is 13.2 Å². The van der Waals surface area contributed by atoms with Crippen LogP contribution in [0.5, 0.6) is 5.75 Å². The highest BCUT2D eigenvalue weighted by Gasteiger charge is 2.35. The fraction of sp³-hybridized carbons (Fsp3) is 0.450. The lowest BCUT2D eigenvalue weighted by atomic mass is 10.1. The van der Waals surface area contributed by atoms with Crippen LogP contribution in [-0.4, -0.2) is 33.4 Å². The van der Waals surface area contributed by atoms with Crippen molar-refractivity contribution < 1.29 is 9.53 Å². The van der Waals surface area contributed by atoms with Gasteiger partial charge in [-0.05, 0) is 69.4 Å². The van der Waals surface area contributed by atoms with Crippen molar-refractivity contribution in [1.82, 2.24) is 14.9 Å². The fourth-order valence-electron chi connectivity index (χ4n) is 3.30. The zero-order valence-corrected chi connectivity index (χ0v) is 15.3. The van der Waals surface area contributed by atoms with Crippen molar-refractivity contribution >= 4 is 5.91 Å². The van der Waals surface area contributed by atoms with Crippen LogP contribution < -0.4 is 4.74 Å². The van der Waals surface area contributed by atoms with Crippen LogP contribution in [0.25, 0.3) is 0 Å². The lowest BCUT2D eigenvalue weighted by Gasteiger charge is -2.33. The average molecular weight is 339 g/mol. The number of hydrogen-bond acceptors (Lipinski definition) is 4. The molecule has 132 valence electrons. The number of rotatable bonds is 5. The van der Waals surface area contributed by atoms with Crippen LogP contribution in [0.15, 0.2) is 36.8 Å². The summed E-state index contributed by atoms with van der Waals surface area (Å²) >= 11 is 0. The number of ether oxygens (including phenoxy) is 1. The number of benzene rings is 1. The molecule has 3 rings (SSSR count). The van der Waals surface area contributed by atoms with E-state index in [1.165, 1.54) is 23.9 Å². The van der Waals surface area contributed by atoms with E-state index in [2.05, 4.69) is 22.1 Å². The largest absolute Gasteiger partial charge is 0.478 e. The molecule has 1 aliphatic carbocycles. The van der Waals surface area contributed by atoms with Gasteiger partial charge in [-0.15, -0.1) is 0 Å². The number of nitrogens with zero attached hydrogens (tertiary/aromatic N) is 3. The van der Waals surface area contributed by atoms with E-state index in [1.807, 2.05) is 32.9 Å². The average Bonchev–Trinajstić information content (AvgIpc) is 3.08. The monoisotopic (exact) mass is 339 g/mol. The predicted octanol–water partition coefficient (Wildman–Crippen LogP) is 3.34. The molecule has 1 aromatic heterocycles. The first-order chi connectivity index (χ1) is 11.9. The third kappa shape index (κ3) is 3.65. The zero-order valence-electron chi connectivity index (χ0n) is 15.3. The lowest BCUT2D eigenvalue weighted by Crippen LogP contribution is -2.48. The van der Waals surface area contributed by atoms with Crippen molar-refractivity contribution in [2.75, 3.05) is 7.05 Å². The minimum Gasteiger partial charge on any atom is -0.478 e. The Labute approximate surface area is 149 Å². The number of aromatic nitrogens is 2. The van der Waals surface area contributed by atoms with Crippen LogP contribution in [0.2, 0.25) is 0 Å². The van der Waals surface area contributed by atoms with E-state index in [4.69, 9.17) is 4.74 Å². The fourth-order valence-corrected chi connectivity index (χ4v) is 3.30. The summed E-state index contributed by atoms with van der Waals surface area (Å²) in [5.41, 5.74) is 2.58. The van der Waals surface area contributed by atoms with Crippen LogP contribution in [0, 0.1) is 0 Å². The first-order valence-corrected chi connectivity index (χ1v) is 8.72. The zero-order chi connectivity index (χ0) is 18.0. The molecule has 2 aromatic rings. The molecule has 1 unspecified atom stereocenters. The van der Waals surface area contributed by atoms with Gasteiger partial charge in [0.05, 0.1) is 11.7 Å². The Morgan fingerprint density at radius 2 is 2.00 bits per heavy atom. The quantitative estimate of drug-likeness (QED) is 0.838. The Bertz CT molecular complexity index is 759. The summed E-state index contributed by atoms with van der Waals surface area (Å²) in [5, 5.41) is 0. The van der Waals surface area contributed by atoms with E-state index in [1.54, 1.807) is 18.1 Å². The minimum absolute atomic E-state index is 0.0842. The second-order valence-electron chi connectivity index (χ2n) is 7.12. The predicted molar refractivity (Wildman–Crippen MR) is 96.4 cm³/mol. The number of carbonyl (C=O) groups excluding carboxylic acids is 1. The molecule has 0 N–H and O–H groups in total. The Hall–Kier alpha value is -2.43. The molecule has 0 fully saturated rings. The molecule has 1 heterocycles. The maximum absolute atomic E-state index is 13.0. The second-order valence-corrected chi connectivity index (χ2v) is 7.12. The van der Waals surface area contributed by atoms with Crippen molar-refractivity contribution in [3.8, 4) is 5.75 Å². The highest BCUT2D eigenvalue weighted by atomic mass is 16.5. The summed E-state index contributed by atoms with van der Waals surface area (Å²) in [4.78, 5) is 22.8. The van der Waals surface area contributed by atoms with E-state index in [0.717, 1.165) is 24.3 Å². The normalized spacial score (nSPS) is 14.7. The molecule has 0 bridgehead atoms. The summed E-state index contributed by atoms with van der Waals surface area (Å²) in [5.74, 6) is 0.668. The Morgan fingerprint density at radius 3 is 2.72 bits per heavy atom. The van der Waals surface area contributed by atoms with E-state index in [0.29, 0.717) is 0 Å². The molecular weight excluding hydrogens is 314 g/mol. The topological polar surface area (TPSA) is 55.3 Å². The van der Waals surface area contributed by atoms with Gasteiger partial charge in [0.1, 0.15) is 12.1 Å². The van der Waals surface area contributed by atoms with Gasteiger partial charge in [-0.1, -0.05) is 6.07 Å². The van der Waals surface area contributed by atoms with Gasteiger partial charge in [0.2, 0.25) is 0 Å². The van der Waals surface area contributed by atoms with Gasteiger partial charge in [-0.2, -0.15) is 0 Å². The number of hydrogen-bond donors (Lipinski definition) is 0. The van der Waals surface area contributed by atoms with Crippen LogP contribution >= 0.6 is 0 Å². The van der Waals surface area contributed by atoms with Crippen LogP contribution in [0.4, 0.5) is 0 Å². The Balaban J connectivity index is 1.73. The van der Waals surface area contributed by atoms with Gasteiger partial charge in [0.15, 0.2) is 5.60 Å². The number of fused-ring (bicyclic) bond motifs is 1. The molecule has 5 nitrogen and oxygen atoms in total. The summed E-state index contributed by atoms with van der Waals surface area (Å²) in [6, 6.07) is 7.82. The van der Waals surface area contributed by atoms with Crippen LogP contribution in [0.1, 0.15) is 50.1 Å². The van der Waals surface area contributed by atoms with E-state index >= 15 is 0 Å². The molecule has 5 heteroatoms. The summed E-state index contributed by atoms with van der Waals surface area (Å²) < 4.78 is 6.07. The van der Waals surface area contributed by atoms with Crippen molar-refractivity contribution in [3.63, 3.8) is 0 Å².